The van der Waals surface area contributed by atoms with E-state index in [0.717, 1.165) is 43.4 Å². The zero-order valence-corrected chi connectivity index (χ0v) is 9.77. The molecule has 6 heteroatoms. The highest BCUT2D eigenvalue weighted by Crippen LogP contribution is 2.25. The van der Waals surface area contributed by atoms with Crippen molar-refractivity contribution in [2.45, 2.75) is 37.9 Å². The fourth-order valence-electron chi connectivity index (χ4n) is 1.90. The number of halogens is 1. The van der Waals surface area contributed by atoms with Crippen molar-refractivity contribution in [2.24, 2.45) is 0 Å². The van der Waals surface area contributed by atoms with Crippen LogP contribution in [0.25, 0.3) is 0 Å². The topological polar surface area (TPSA) is 60.2 Å². The molecule has 1 aliphatic carbocycles. The van der Waals surface area contributed by atoms with Crippen molar-refractivity contribution in [3.05, 3.63) is 17.0 Å². The third-order valence-corrected chi connectivity index (χ3v) is 3.54. The van der Waals surface area contributed by atoms with Crippen molar-refractivity contribution >= 4 is 19.7 Å². The van der Waals surface area contributed by atoms with E-state index in [4.69, 9.17) is 15.2 Å². The van der Waals surface area contributed by atoms with E-state index in [1.54, 1.807) is 0 Å². The van der Waals surface area contributed by atoms with Gasteiger partial charge in [-0.25, -0.2) is 8.42 Å². The maximum atomic E-state index is 11.0. The second-order valence-corrected chi connectivity index (χ2v) is 6.55. The summed E-state index contributed by atoms with van der Waals surface area (Å²) in [5, 5.41) is 3.79. The highest BCUT2D eigenvalue weighted by atomic mass is 35.7. The minimum absolute atomic E-state index is 0.229. The molecule has 0 bridgehead atoms. The van der Waals surface area contributed by atoms with Crippen LogP contribution in [0.4, 0.5) is 0 Å². The molecule has 0 aliphatic heterocycles. The monoisotopic (exact) mass is 249 g/mol. The molecule has 0 spiro atoms. The zero-order valence-electron chi connectivity index (χ0n) is 8.20. The molecule has 4 nitrogen and oxygen atoms in total. The predicted octanol–water partition coefficient (Wildman–Crippen LogP) is 2.01. The van der Waals surface area contributed by atoms with Gasteiger partial charge in [0.25, 0.3) is 0 Å². The SMILES string of the molecule is O=S(=O)(Cl)Cc1noc2c1CCCCC2. The average Bonchev–Trinajstić information content (AvgIpc) is 2.35. The van der Waals surface area contributed by atoms with Crippen molar-refractivity contribution in [3.63, 3.8) is 0 Å². The molecule has 0 atom stereocenters. The summed E-state index contributed by atoms with van der Waals surface area (Å²) in [6.45, 7) is 0. The number of hydrogen-bond donors (Lipinski definition) is 0. The molecule has 1 aromatic heterocycles. The Morgan fingerprint density at radius 1 is 1.27 bits per heavy atom. The van der Waals surface area contributed by atoms with Gasteiger partial charge in [-0.1, -0.05) is 11.6 Å². The molecule has 1 aromatic rings. The molecule has 84 valence electrons. The normalized spacial score (nSPS) is 17.1. The highest BCUT2D eigenvalue weighted by Gasteiger charge is 2.21. The maximum Gasteiger partial charge on any atom is 0.238 e. The lowest BCUT2D eigenvalue weighted by Gasteiger charge is -1.97. The Morgan fingerprint density at radius 3 is 2.73 bits per heavy atom. The summed E-state index contributed by atoms with van der Waals surface area (Å²) in [6.07, 6.45) is 4.99. The lowest BCUT2D eigenvalue weighted by Crippen LogP contribution is -1.99. The smallest absolute Gasteiger partial charge is 0.238 e. The fourth-order valence-corrected chi connectivity index (χ4v) is 2.77. The van der Waals surface area contributed by atoms with Gasteiger partial charge in [0, 0.05) is 22.7 Å². The first kappa shape index (κ1) is 11.0. The van der Waals surface area contributed by atoms with Crippen LogP contribution in [0.3, 0.4) is 0 Å². The van der Waals surface area contributed by atoms with E-state index in [0.29, 0.717) is 5.69 Å². The number of aryl methyl sites for hydroxylation is 1. The van der Waals surface area contributed by atoms with Gasteiger partial charge < -0.3 is 4.52 Å². The summed E-state index contributed by atoms with van der Waals surface area (Å²) < 4.78 is 27.0. The first-order valence-corrected chi connectivity index (χ1v) is 7.43. The molecular formula is C9H12ClNO3S. The molecule has 0 amide bonds. The maximum absolute atomic E-state index is 11.0. The zero-order chi connectivity index (χ0) is 10.9. The Kier molecular flexibility index (Phi) is 3.02. The van der Waals surface area contributed by atoms with Crippen molar-refractivity contribution < 1.29 is 12.9 Å². The van der Waals surface area contributed by atoms with Crippen LogP contribution >= 0.6 is 10.7 Å². The third-order valence-electron chi connectivity index (χ3n) is 2.59. The van der Waals surface area contributed by atoms with Gasteiger partial charge in [-0.05, 0) is 19.3 Å². The van der Waals surface area contributed by atoms with E-state index in [1.807, 2.05) is 0 Å². The molecule has 0 aromatic carbocycles. The first-order chi connectivity index (χ1) is 7.06. The molecule has 1 aliphatic rings. The molecule has 0 unspecified atom stereocenters. The van der Waals surface area contributed by atoms with E-state index >= 15 is 0 Å². The summed E-state index contributed by atoms with van der Waals surface area (Å²) in [4.78, 5) is 0. The van der Waals surface area contributed by atoms with Gasteiger partial charge in [0.1, 0.15) is 17.2 Å². The van der Waals surface area contributed by atoms with Gasteiger partial charge in [-0.15, -0.1) is 0 Å². The second kappa shape index (κ2) is 4.14. The van der Waals surface area contributed by atoms with Crippen molar-refractivity contribution in [3.8, 4) is 0 Å². The van der Waals surface area contributed by atoms with E-state index in [9.17, 15) is 8.42 Å². The first-order valence-electron chi connectivity index (χ1n) is 4.95. The van der Waals surface area contributed by atoms with E-state index < -0.39 is 9.05 Å². The van der Waals surface area contributed by atoms with E-state index in [1.165, 1.54) is 0 Å². The summed E-state index contributed by atoms with van der Waals surface area (Å²) in [6, 6.07) is 0. The number of aromatic nitrogens is 1. The van der Waals surface area contributed by atoms with Crippen LogP contribution in [0.15, 0.2) is 4.52 Å². The summed E-state index contributed by atoms with van der Waals surface area (Å²) in [7, 11) is 1.66. The summed E-state index contributed by atoms with van der Waals surface area (Å²) in [5.41, 5.74) is 1.44. The van der Waals surface area contributed by atoms with E-state index in [-0.39, 0.29) is 5.75 Å². The Balaban J connectivity index is 2.30. The summed E-state index contributed by atoms with van der Waals surface area (Å²) in [5.74, 6) is 0.607. The van der Waals surface area contributed by atoms with Gasteiger partial charge in [0.2, 0.25) is 9.05 Å². The number of hydrogen-bond acceptors (Lipinski definition) is 4. The van der Waals surface area contributed by atoms with Crippen LogP contribution in [-0.4, -0.2) is 13.6 Å². The quantitative estimate of drug-likeness (QED) is 0.594. The van der Waals surface area contributed by atoms with Crippen LogP contribution in [0.2, 0.25) is 0 Å². The van der Waals surface area contributed by atoms with Crippen LogP contribution in [0.1, 0.15) is 36.3 Å². The van der Waals surface area contributed by atoms with Gasteiger partial charge >= 0.3 is 0 Å². The predicted molar refractivity (Wildman–Crippen MR) is 56.2 cm³/mol. The third kappa shape index (κ3) is 2.72. The Bertz CT molecular complexity index is 452. The lowest BCUT2D eigenvalue weighted by atomic mass is 10.1. The lowest BCUT2D eigenvalue weighted by molar-refractivity contribution is 0.376. The number of nitrogens with zero attached hydrogens (tertiary/aromatic N) is 1. The average molecular weight is 250 g/mol. The molecule has 15 heavy (non-hydrogen) atoms. The Morgan fingerprint density at radius 2 is 2.00 bits per heavy atom. The fraction of sp³-hybridized carbons (Fsp3) is 0.667. The minimum Gasteiger partial charge on any atom is -0.361 e. The molecule has 0 saturated carbocycles. The van der Waals surface area contributed by atoms with Crippen molar-refractivity contribution in [1.29, 1.82) is 0 Å². The molecule has 1 heterocycles. The molecule has 0 N–H and O–H groups in total. The van der Waals surface area contributed by atoms with Crippen LogP contribution in [0.5, 0.6) is 0 Å². The largest absolute Gasteiger partial charge is 0.361 e. The Labute approximate surface area is 93.0 Å². The standard InChI is InChI=1S/C9H12ClNO3S/c10-15(12,13)6-8-7-4-2-1-3-5-9(7)14-11-8/h1-6H2. The van der Waals surface area contributed by atoms with E-state index in [2.05, 4.69) is 5.16 Å². The Hall–Kier alpha value is -0.550. The van der Waals surface area contributed by atoms with Gasteiger partial charge in [0.15, 0.2) is 0 Å². The van der Waals surface area contributed by atoms with Crippen molar-refractivity contribution in [1.82, 2.24) is 5.16 Å². The molecule has 0 saturated heterocycles. The second-order valence-electron chi connectivity index (χ2n) is 3.77. The molecular weight excluding hydrogens is 238 g/mol. The van der Waals surface area contributed by atoms with Crippen LogP contribution < -0.4 is 0 Å². The molecule has 2 rings (SSSR count). The van der Waals surface area contributed by atoms with Crippen LogP contribution in [-0.2, 0) is 27.6 Å². The van der Waals surface area contributed by atoms with Gasteiger partial charge in [-0.3, -0.25) is 0 Å². The van der Waals surface area contributed by atoms with Gasteiger partial charge in [0.05, 0.1) is 0 Å². The van der Waals surface area contributed by atoms with Crippen LogP contribution in [0, 0.1) is 0 Å². The molecule has 0 fully saturated rings. The molecule has 0 radical (unpaired) electrons. The van der Waals surface area contributed by atoms with Crippen molar-refractivity contribution in [2.75, 3.05) is 0 Å². The highest BCUT2D eigenvalue weighted by molar-refractivity contribution is 8.13. The van der Waals surface area contributed by atoms with Gasteiger partial charge in [-0.2, -0.15) is 0 Å². The number of rotatable bonds is 2. The summed E-state index contributed by atoms with van der Waals surface area (Å²) >= 11 is 0. The minimum atomic E-state index is -3.54. The number of fused-ring (bicyclic) bond motifs is 1.